The summed E-state index contributed by atoms with van der Waals surface area (Å²) in [5, 5.41) is 4.34. The molecule has 0 aliphatic heterocycles. The lowest BCUT2D eigenvalue weighted by Crippen LogP contribution is -2.04. The highest BCUT2D eigenvalue weighted by molar-refractivity contribution is 7.90. The molecule has 0 spiro atoms. The molecule has 112 valence electrons. The van der Waals surface area contributed by atoms with E-state index in [1.807, 2.05) is 19.1 Å². The maximum Gasteiger partial charge on any atom is 0.175 e. The lowest BCUT2D eigenvalue weighted by atomic mass is 10.2. The number of hydrogen-bond acceptors (Lipinski definition) is 5. The summed E-state index contributed by atoms with van der Waals surface area (Å²) in [4.78, 5) is 6.43. The minimum absolute atomic E-state index is 0.383. The lowest BCUT2D eigenvalue weighted by molar-refractivity contribution is 0.601. The molecule has 1 aromatic heterocycles. The Labute approximate surface area is 129 Å². The topological polar surface area (TPSA) is 59.1 Å². The highest BCUT2D eigenvalue weighted by atomic mass is 32.2. The zero-order chi connectivity index (χ0) is 15.0. The lowest BCUT2D eigenvalue weighted by Gasteiger charge is -2.09. The molecule has 0 radical (unpaired) electrons. The first-order chi connectivity index (χ1) is 9.93. The van der Waals surface area contributed by atoms with Crippen LogP contribution in [0, 0.1) is 6.92 Å². The summed E-state index contributed by atoms with van der Waals surface area (Å²) >= 11 is 1.76. The summed E-state index contributed by atoms with van der Waals surface area (Å²) in [7, 11) is -3.19. The van der Waals surface area contributed by atoms with Gasteiger partial charge >= 0.3 is 0 Å². The smallest absolute Gasteiger partial charge is 0.175 e. The van der Waals surface area contributed by atoms with Gasteiger partial charge in [-0.2, -0.15) is 0 Å². The minimum atomic E-state index is -3.19. The van der Waals surface area contributed by atoms with E-state index in [1.54, 1.807) is 17.4 Å². The summed E-state index contributed by atoms with van der Waals surface area (Å²) in [6, 6.07) is 5.44. The van der Waals surface area contributed by atoms with Gasteiger partial charge in [0.25, 0.3) is 0 Å². The fraction of sp³-hybridized carbons (Fsp3) is 0.400. The molecule has 21 heavy (non-hydrogen) atoms. The number of fused-ring (bicyclic) bond motifs is 1. The van der Waals surface area contributed by atoms with Crippen LogP contribution in [0.5, 0.6) is 0 Å². The second-order valence-corrected chi connectivity index (χ2v) is 8.59. The van der Waals surface area contributed by atoms with Crippen LogP contribution in [0.3, 0.4) is 0 Å². The van der Waals surface area contributed by atoms with Crippen molar-refractivity contribution < 1.29 is 8.42 Å². The summed E-state index contributed by atoms with van der Waals surface area (Å²) < 4.78 is 23.5. The second-order valence-electron chi connectivity index (χ2n) is 5.44. The molecule has 0 saturated carbocycles. The van der Waals surface area contributed by atoms with Crippen molar-refractivity contribution in [1.82, 2.24) is 4.98 Å². The molecule has 0 atom stereocenters. The van der Waals surface area contributed by atoms with Gasteiger partial charge in [0.15, 0.2) is 9.84 Å². The first-order valence-corrected chi connectivity index (χ1v) is 9.66. The maximum atomic E-state index is 11.7. The van der Waals surface area contributed by atoms with Gasteiger partial charge in [0.1, 0.15) is 5.01 Å². The quantitative estimate of drug-likeness (QED) is 0.940. The van der Waals surface area contributed by atoms with Gasteiger partial charge < -0.3 is 5.32 Å². The average Bonchev–Trinajstić information content (AvgIpc) is 2.97. The number of aromatic nitrogens is 1. The van der Waals surface area contributed by atoms with Crippen molar-refractivity contribution in [2.75, 3.05) is 11.6 Å². The number of anilines is 1. The Kier molecular flexibility index (Phi) is 3.75. The molecule has 0 amide bonds. The molecule has 1 aromatic carbocycles. The SMILES string of the molecule is Cc1ccc(NCc2nc3c(s2)CCC3)cc1S(C)(=O)=O. The Morgan fingerprint density at radius 3 is 2.86 bits per heavy atom. The van der Waals surface area contributed by atoms with Crippen LogP contribution in [0.25, 0.3) is 0 Å². The zero-order valence-corrected chi connectivity index (χ0v) is 13.8. The molecule has 4 nitrogen and oxygen atoms in total. The second kappa shape index (κ2) is 5.42. The number of aryl methyl sites for hydroxylation is 3. The van der Waals surface area contributed by atoms with Crippen molar-refractivity contribution in [2.45, 2.75) is 37.6 Å². The van der Waals surface area contributed by atoms with Crippen molar-refractivity contribution in [3.63, 3.8) is 0 Å². The van der Waals surface area contributed by atoms with Crippen molar-refractivity contribution in [2.24, 2.45) is 0 Å². The predicted octanol–water partition coefficient (Wildman–Crippen LogP) is 2.96. The van der Waals surface area contributed by atoms with Gasteiger partial charge in [-0.1, -0.05) is 6.07 Å². The van der Waals surface area contributed by atoms with Gasteiger partial charge in [0, 0.05) is 16.8 Å². The molecule has 0 fully saturated rings. The Bertz CT molecular complexity index is 757. The number of nitrogens with one attached hydrogen (secondary N) is 1. The van der Waals surface area contributed by atoms with Crippen LogP contribution in [0.1, 0.15) is 27.6 Å². The number of benzene rings is 1. The number of hydrogen-bond donors (Lipinski definition) is 1. The summed E-state index contributed by atoms with van der Waals surface area (Å²) in [6.07, 6.45) is 4.70. The molecular formula is C15H18N2O2S2. The molecule has 0 unspecified atom stereocenters. The van der Waals surface area contributed by atoms with Gasteiger partial charge in [-0.05, 0) is 43.9 Å². The summed E-state index contributed by atoms with van der Waals surface area (Å²) in [5.74, 6) is 0. The first-order valence-electron chi connectivity index (χ1n) is 6.95. The van der Waals surface area contributed by atoms with Crippen molar-refractivity contribution in [3.8, 4) is 0 Å². The van der Waals surface area contributed by atoms with E-state index in [1.165, 1.54) is 23.2 Å². The van der Waals surface area contributed by atoms with Crippen LogP contribution < -0.4 is 5.32 Å². The highest BCUT2D eigenvalue weighted by Crippen LogP contribution is 2.28. The molecule has 0 bridgehead atoms. The minimum Gasteiger partial charge on any atom is -0.378 e. The van der Waals surface area contributed by atoms with Crippen LogP contribution in [0.2, 0.25) is 0 Å². The third-order valence-electron chi connectivity index (χ3n) is 3.67. The third-order valence-corrected chi connectivity index (χ3v) is 6.07. The monoisotopic (exact) mass is 322 g/mol. The number of rotatable bonds is 4. The van der Waals surface area contributed by atoms with E-state index in [9.17, 15) is 8.42 Å². The molecule has 3 rings (SSSR count). The van der Waals surface area contributed by atoms with Gasteiger partial charge in [0.2, 0.25) is 0 Å². The third kappa shape index (κ3) is 3.11. The number of sulfone groups is 1. The fourth-order valence-corrected chi connectivity index (χ4v) is 4.70. The van der Waals surface area contributed by atoms with Crippen LogP contribution >= 0.6 is 11.3 Å². The van der Waals surface area contributed by atoms with Crippen LogP contribution in [0.15, 0.2) is 23.1 Å². The van der Waals surface area contributed by atoms with E-state index in [2.05, 4.69) is 10.3 Å². The molecule has 0 saturated heterocycles. The summed E-state index contributed by atoms with van der Waals surface area (Å²) in [6.45, 7) is 2.45. The fourth-order valence-electron chi connectivity index (χ4n) is 2.61. The van der Waals surface area contributed by atoms with E-state index >= 15 is 0 Å². The number of thiazole rings is 1. The molecular weight excluding hydrogens is 304 g/mol. The Hall–Kier alpha value is -1.40. The van der Waals surface area contributed by atoms with E-state index in [0.717, 1.165) is 29.1 Å². The normalized spacial score (nSPS) is 14.2. The summed E-state index contributed by atoms with van der Waals surface area (Å²) in [5.41, 5.74) is 2.84. The molecule has 1 aliphatic carbocycles. The van der Waals surface area contributed by atoms with Crippen molar-refractivity contribution in [3.05, 3.63) is 39.3 Å². The van der Waals surface area contributed by atoms with E-state index < -0.39 is 9.84 Å². The van der Waals surface area contributed by atoms with E-state index in [-0.39, 0.29) is 0 Å². The highest BCUT2D eigenvalue weighted by Gasteiger charge is 2.16. The largest absolute Gasteiger partial charge is 0.378 e. The van der Waals surface area contributed by atoms with Gasteiger partial charge in [-0.25, -0.2) is 13.4 Å². The molecule has 1 heterocycles. The maximum absolute atomic E-state index is 11.7. The Morgan fingerprint density at radius 2 is 2.14 bits per heavy atom. The van der Waals surface area contributed by atoms with Crippen LogP contribution in [-0.4, -0.2) is 19.7 Å². The van der Waals surface area contributed by atoms with E-state index in [0.29, 0.717) is 11.4 Å². The van der Waals surface area contributed by atoms with Crippen LogP contribution in [-0.2, 0) is 29.2 Å². The molecule has 1 N–H and O–H groups in total. The first kappa shape index (κ1) is 14.5. The Morgan fingerprint density at radius 1 is 1.33 bits per heavy atom. The van der Waals surface area contributed by atoms with Crippen molar-refractivity contribution in [1.29, 1.82) is 0 Å². The molecule has 6 heteroatoms. The molecule has 2 aromatic rings. The number of nitrogens with zero attached hydrogens (tertiary/aromatic N) is 1. The van der Waals surface area contributed by atoms with Crippen molar-refractivity contribution >= 4 is 26.9 Å². The predicted molar refractivity (Wildman–Crippen MR) is 85.8 cm³/mol. The van der Waals surface area contributed by atoms with Gasteiger partial charge in [-0.15, -0.1) is 11.3 Å². The Balaban J connectivity index is 1.76. The van der Waals surface area contributed by atoms with Gasteiger partial charge in [-0.3, -0.25) is 0 Å². The standard InChI is InChI=1S/C15H18N2O2S2/c1-10-6-7-11(8-14(10)21(2,18)19)16-9-15-17-12-4-3-5-13(12)20-15/h6-8,16H,3-5,9H2,1-2H3. The van der Waals surface area contributed by atoms with Crippen LogP contribution in [0.4, 0.5) is 5.69 Å². The van der Waals surface area contributed by atoms with Gasteiger partial charge in [0.05, 0.1) is 17.1 Å². The molecule has 1 aliphatic rings. The zero-order valence-electron chi connectivity index (χ0n) is 12.1. The average molecular weight is 322 g/mol. The van der Waals surface area contributed by atoms with E-state index in [4.69, 9.17) is 0 Å².